The Bertz CT molecular complexity index is 1060. The molecule has 0 aromatic heterocycles. The molecule has 0 bridgehead atoms. The first-order valence-electron chi connectivity index (χ1n) is 16.3. The van der Waals surface area contributed by atoms with Gasteiger partial charge in [0.05, 0.1) is 12.1 Å². The van der Waals surface area contributed by atoms with Crippen molar-refractivity contribution in [2.75, 3.05) is 7.05 Å². The lowest BCUT2D eigenvalue weighted by Gasteiger charge is -2.30. The summed E-state index contributed by atoms with van der Waals surface area (Å²) in [6.45, 7) is 9.10. The molecule has 262 valence electrons. The van der Waals surface area contributed by atoms with Crippen LogP contribution in [0.25, 0.3) is 0 Å². The monoisotopic (exact) mass is 672 g/mol. The molecule has 0 aliphatic heterocycles. The number of hydrogen-bond acceptors (Lipinski definition) is 6. The van der Waals surface area contributed by atoms with Gasteiger partial charge in [0.25, 0.3) is 0 Å². The zero-order valence-corrected chi connectivity index (χ0v) is 29.3. The number of ketones is 1. The molecule has 1 saturated carbocycles. The normalized spacial score (nSPS) is 16.1. The Hall–Kier alpha value is -2.98. The summed E-state index contributed by atoms with van der Waals surface area (Å²) in [5, 5.41) is 19.8. The number of likely N-dealkylation sites (N-methyl/N-ethyl adjacent to an activating group) is 1. The highest BCUT2D eigenvalue weighted by molar-refractivity contribution is 7.17. The second-order valence-electron chi connectivity index (χ2n) is 10.8. The fourth-order valence-corrected chi connectivity index (χ4v) is 5.77. The molecule has 10 nitrogen and oxygen atoms in total. The third-order valence-corrected chi connectivity index (χ3v) is 8.33. The lowest BCUT2D eigenvalue weighted by molar-refractivity contribution is -0.138. The van der Waals surface area contributed by atoms with E-state index in [-0.39, 0.29) is 24.4 Å². The van der Waals surface area contributed by atoms with Gasteiger partial charge in [-0.2, -0.15) is 0 Å². The van der Waals surface area contributed by atoms with E-state index in [1.54, 1.807) is 7.05 Å². The highest BCUT2D eigenvalue weighted by Crippen LogP contribution is 2.28. The maximum absolute atomic E-state index is 13.5. The van der Waals surface area contributed by atoms with Gasteiger partial charge in [-0.05, 0) is 38.3 Å². The van der Waals surface area contributed by atoms with Crippen molar-refractivity contribution in [1.29, 1.82) is 0 Å². The number of aliphatic carboxylic acids is 1. The highest BCUT2D eigenvalue weighted by Gasteiger charge is 2.34. The molecule has 0 heterocycles. The molecule has 5 N–H and O–H groups in total. The first-order valence-corrected chi connectivity index (χ1v) is 17.0. The van der Waals surface area contributed by atoms with Crippen LogP contribution in [0.3, 0.4) is 0 Å². The van der Waals surface area contributed by atoms with Crippen molar-refractivity contribution in [2.24, 2.45) is 5.92 Å². The minimum absolute atomic E-state index is 0.0881. The SMILES string of the molecule is CC.CC.CNC(C(=O)N[C@@H](CCC(=O)O)C(=O)N[C@@H](CC1CCCCC1)C(=O)NC(CC(F)F)C(C)=O)C(P)c1ccccc1. The molecule has 46 heavy (non-hydrogen) atoms. The summed E-state index contributed by atoms with van der Waals surface area (Å²) < 4.78 is 26.1. The number of carbonyl (C=O) groups excluding carboxylic acids is 4. The van der Waals surface area contributed by atoms with Crippen molar-refractivity contribution in [3.63, 3.8) is 0 Å². The average molecular weight is 673 g/mol. The first-order chi connectivity index (χ1) is 21.9. The number of carboxylic acids is 1. The third kappa shape index (κ3) is 16.0. The van der Waals surface area contributed by atoms with Crippen LogP contribution in [0.2, 0.25) is 0 Å². The van der Waals surface area contributed by atoms with Crippen LogP contribution in [0.5, 0.6) is 0 Å². The highest BCUT2D eigenvalue weighted by atomic mass is 31.0. The van der Waals surface area contributed by atoms with Crippen LogP contribution in [0.15, 0.2) is 30.3 Å². The number of carboxylic acid groups (broad SMARTS) is 1. The number of alkyl halides is 2. The lowest BCUT2D eigenvalue weighted by Crippen LogP contribution is -2.58. The fourth-order valence-electron chi connectivity index (χ4n) is 5.18. The predicted octanol–water partition coefficient (Wildman–Crippen LogP) is 4.78. The molecule has 1 aliphatic carbocycles. The van der Waals surface area contributed by atoms with Crippen molar-refractivity contribution in [3.05, 3.63) is 35.9 Å². The summed E-state index contributed by atoms with van der Waals surface area (Å²) in [6.07, 6.45) is 0.483. The summed E-state index contributed by atoms with van der Waals surface area (Å²) >= 11 is 0. The number of nitrogens with one attached hydrogen (secondary N) is 4. The molecule has 0 spiro atoms. The van der Waals surface area contributed by atoms with Crippen molar-refractivity contribution < 1.29 is 37.9 Å². The van der Waals surface area contributed by atoms with Gasteiger partial charge in [-0.25, -0.2) is 8.78 Å². The zero-order valence-electron chi connectivity index (χ0n) is 28.1. The van der Waals surface area contributed by atoms with E-state index in [0.717, 1.165) is 44.6 Å². The Kier molecular flexibility index (Phi) is 22.7. The minimum atomic E-state index is -2.82. The van der Waals surface area contributed by atoms with Crippen LogP contribution >= 0.6 is 9.24 Å². The van der Waals surface area contributed by atoms with Crippen molar-refractivity contribution in [3.8, 4) is 0 Å². The summed E-state index contributed by atoms with van der Waals surface area (Å²) in [5.41, 5.74) is 0.471. The molecule has 1 aromatic rings. The quantitative estimate of drug-likeness (QED) is 0.149. The summed E-state index contributed by atoms with van der Waals surface area (Å²) in [5.74, 6) is -3.82. The number of amides is 3. The molecule has 2 rings (SSSR count). The average Bonchev–Trinajstić information content (AvgIpc) is 3.05. The standard InChI is InChI=1S/C29H43F2N4O6P.2C2H6/c1-17(36)21(16-23(30)31)34-28(40)22(15-18-9-5-3-6-10-18)35-27(39)20(13-14-24(37)38)33-29(41)25(32-2)26(42)19-11-7-4-8-12-19;2*1-2/h4,7-8,11-12,18,20-23,25-26,32H,3,5-6,9-10,13-16,42H2,1-2H3,(H,33,41)(H,34,40)(H,35,39)(H,37,38);2*1-2H3/t20-,21?,22-,25?,26?;;/m0../s1. The van der Waals surface area contributed by atoms with E-state index in [1.807, 2.05) is 58.0 Å². The number of hydrogen-bond donors (Lipinski definition) is 5. The van der Waals surface area contributed by atoms with Gasteiger partial charge in [0.1, 0.15) is 12.1 Å². The number of halogens is 2. The predicted molar refractivity (Wildman–Crippen MR) is 180 cm³/mol. The lowest BCUT2D eigenvalue weighted by atomic mass is 9.84. The van der Waals surface area contributed by atoms with Crippen LogP contribution in [0, 0.1) is 5.92 Å². The van der Waals surface area contributed by atoms with E-state index >= 15 is 0 Å². The third-order valence-electron chi connectivity index (χ3n) is 7.56. The molecule has 4 unspecified atom stereocenters. The molecule has 1 aromatic carbocycles. The Morgan fingerprint density at radius 3 is 1.87 bits per heavy atom. The molecule has 6 atom stereocenters. The number of rotatable bonds is 17. The van der Waals surface area contributed by atoms with Gasteiger partial charge in [-0.15, -0.1) is 9.24 Å². The van der Waals surface area contributed by atoms with Gasteiger partial charge < -0.3 is 26.4 Å². The van der Waals surface area contributed by atoms with E-state index in [1.165, 1.54) is 0 Å². The second kappa shape index (κ2) is 24.2. The summed E-state index contributed by atoms with van der Waals surface area (Å²) in [7, 11) is 4.18. The molecular formula is C33H55F2N4O6P. The maximum atomic E-state index is 13.5. The van der Waals surface area contributed by atoms with Gasteiger partial charge in [-0.1, -0.05) is 90.1 Å². The Labute approximate surface area is 275 Å². The molecule has 0 radical (unpaired) electrons. The van der Waals surface area contributed by atoms with E-state index in [0.29, 0.717) is 0 Å². The topological polar surface area (TPSA) is 154 Å². The Morgan fingerprint density at radius 1 is 0.848 bits per heavy atom. The molecule has 0 saturated heterocycles. The Balaban J connectivity index is 0.00000486. The Morgan fingerprint density at radius 2 is 1.37 bits per heavy atom. The van der Waals surface area contributed by atoms with Crippen molar-refractivity contribution in [2.45, 2.75) is 129 Å². The first kappa shape index (κ1) is 43.0. The van der Waals surface area contributed by atoms with Gasteiger partial charge in [0.2, 0.25) is 24.1 Å². The van der Waals surface area contributed by atoms with E-state index in [9.17, 15) is 37.9 Å². The van der Waals surface area contributed by atoms with E-state index < -0.39 is 72.9 Å². The van der Waals surface area contributed by atoms with E-state index in [2.05, 4.69) is 30.5 Å². The van der Waals surface area contributed by atoms with E-state index in [4.69, 9.17) is 0 Å². The molecule has 1 fully saturated rings. The minimum Gasteiger partial charge on any atom is -0.481 e. The van der Waals surface area contributed by atoms with Gasteiger partial charge in [0.15, 0.2) is 5.78 Å². The van der Waals surface area contributed by atoms with Gasteiger partial charge >= 0.3 is 5.97 Å². The molecule has 1 aliphatic rings. The largest absolute Gasteiger partial charge is 0.481 e. The van der Waals surface area contributed by atoms with Gasteiger partial charge in [-0.3, -0.25) is 24.0 Å². The van der Waals surface area contributed by atoms with Crippen LogP contribution in [-0.2, 0) is 24.0 Å². The number of carbonyl (C=O) groups is 5. The summed E-state index contributed by atoms with van der Waals surface area (Å²) in [6, 6.07) is 4.54. The van der Waals surface area contributed by atoms with Crippen LogP contribution in [-0.4, -0.2) is 72.2 Å². The van der Waals surface area contributed by atoms with Gasteiger partial charge in [0, 0.05) is 18.5 Å². The molecular weight excluding hydrogens is 617 g/mol. The van der Waals surface area contributed by atoms with Crippen LogP contribution in [0.1, 0.15) is 104 Å². The number of Topliss-reactive ketones (excluding diaryl/α,β-unsaturated/α-hetero) is 1. The number of benzene rings is 1. The molecule has 13 heteroatoms. The van der Waals surface area contributed by atoms with Crippen molar-refractivity contribution >= 4 is 38.7 Å². The van der Waals surface area contributed by atoms with Crippen molar-refractivity contribution in [1.82, 2.24) is 21.3 Å². The van der Waals surface area contributed by atoms with Crippen LogP contribution in [0.4, 0.5) is 8.78 Å². The maximum Gasteiger partial charge on any atom is 0.303 e. The van der Waals surface area contributed by atoms with Crippen LogP contribution < -0.4 is 21.3 Å². The molecule has 3 amide bonds. The fraction of sp³-hybridized carbons (Fsp3) is 0.667. The summed E-state index contributed by atoms with van der Waals surface area (Å²) in [4.78, 5) is 63.3. The smallest absolute Gasteiger partial charge is 0.303 e. The second-order valence-corrected chi connectivity index (χ2v) is 11.5. The zero-order chi connectivity index (χ0) is 35.2.